The number of phosphoric ester groups is 2. The first kappa shape index (κ1) is 93.7. The molecule has 0 saturated heterocycles. The first-order valence-electron chi connectivity index (χ1n) is 38.1. The number of unbranched alkanes of at least 4 members (excludes halogenated alkanes) is 27. The van der Waals surface area contributed by atoms with Crippen molar-refractivity contribution in [1.82, 2.24) is 0 Å². The Morgan fingerprint density at radius 2 is 0.531 bits per heavy atom. The molecule has 0 aromatic carbocycles. The van der Waals surface area contributed by atoms with Gasteiger partial charge in [-0.25, -0.2) is 9.13 Å². The lowest BCUT2D eigenvalue weighted by atomic mass is 10.1. The quantitative estimate of drug-likeness (QED) is 0.0169. The molecule has 98 heavy (non-hydrogen) atoms. The second-order valence-electron chi connectivity index (χ2n) is 25.2. The number of ether oxygens (including phenoxy) is 4. The van der Waals surface area contributed by atoms with E-state index in [2.05, 4.69) is 137 Å². The summed E-state index contributed by atoms with van der Waals surface area (Å²) in [5.41, 5.74) is 0. The molecular formula is C79H136O17P2. The Bertz CT molecular complexity index is 2290. The second kappa shape index (κ2) is 71.1. The number of carbonyl (C=O) groups excluding carboxylic acids is 4. The Kier molecular flexibility index (Phi) is 68.0. The van der Waals surface area contributed by atoms with Crippen LogP contribution in [-0.2, 0) is 65.4 Å². The van der Waals surface area contributed by atoms with E-state index >= 15 is 0 Å². The third kappa shape index (κ3) is 70.2. The minimum absolute atomic E-state index is 0.0698. The summed E-state index contributed by atoms with van der Waals surface area (Å²) in [7, 11) is -9.96. The zero-order valence-corrected chi connectivity index (χ0v) is 63.2. The van der Waals surface area contributed by atoms with Crippen molar-refractivity contribution < 1.29 is 80.2 Å². The van der Waals surface area contributed by atoms with Gasteiger partial charge in [0.05, 0.1) is 26.4 Å². The molecule has 0 radical (unpaired) electrons. The van der Waals surface area contributed by atoms with Gasteiger partial charge in [0.15, 0.2) is 12.2 Å². The van der Waals surface area contributed by atoms with Crippen molar-refractivity contribution in [2.24, 2.45) is 0 Å². The lowest BCUT2D eigenvalue weighted by molar-refractivity contribution is -0.161. The molecule has 0 rings (SSSR count). The lowest BCUT2D eigenvalue weighted by Crippen LogP contribution is -2.30. The van der Waals surface area contributed by atoms with Crippen LogP contribution in [0.25, 0.3) is 0 Å². The molecule has 0 aliphatic rings. The molecule has 3 N–H and O–H groups in total. The molecule has 564 valence electrons. The topological polar surface area (TPSA) is 237 Å². The third-order valence-electron chi connectivity index (χ3n) is 15.7. The molecule has 19 heteroatoms. The van der Waals surface area contributed by atoms with Crippen molar-refractivity contribution >= 4 is 39.5 Å². The summed E-state index contributed by atoms with van der Waals surface area (Å²) in [6.45, 7) is 4.55. The average molecular weight is 1420 g/mol. The predicted octanol–water partition coefficient (Wildman–Crippen LogP) is 21.8. The fraction of sp³-hybridized carbons (Fsp3) is 0.722. The molecule has 0 amide bonds. The molecule has 0 aromatic rings. The van der Waals surface area contributed by atoms with Gasteiger partial charge in [-0.05, 0) is 148 Å². The smallest absolute Gasteiger partial charge is 0.462 e. The van der Waals surface area contributed by atoms with E-state index in [4.69, 9.17) is 37.0 Å². The fourth-order valence-corrected chi connectivity index (χ4v) is 11.5. The Labute approximate surface area is 594 Å². The molecule has 0 spiro atoms. The van der Waals surface area contributed by atoms with Gasteiger partial charge >= 0.3 is 39.5 Å². The van der Waals surface area contributed by atoms with Gasteiger partial charge in [0.25, 0.3) is 0 Å². The fourth-order valence-electron chi connectivity index (χ4n) is 9.92. The third-order valence-corrected chi connectivity index (χ3v) is 17.6. The number of rotatable bonds is 71. The molecule has 0 aromatic heterocycles. The van der Waals surface area contributed by atoms with Crippen LogP contribution in [0.3, 0.4) is 0 Å². The Balaban J connectivity index is 5.38. The maximum Gasteiger partial charge on any atom is 0.472 e. The highest BCUT2D eigenvalue weighted by atomic mass is 31.2. The molecule has 0 aliphatic carbocycles. The van der Waals surface area contributed by atoms with Crippen LogP contribution >= 0.6 is 15.6 Å². The summed E-state index contributed by atoms with van der Waals surface area (Å²) in [6, 6.07) is 0. The van der Waals surface area contributed by atoms with E-state index in [0.29, 0.717) is 25.7 Å². The van der Waals surface area contributed by atoms with E-state index in [1.54, 1.807) is 0 Å². The van der Waals surface area contributed by atoms with E-state index in [1.165, 1.54) is 44.9 Å². The van der Waals surface area contributed by atoms with Crippen molar-refractivity contribution in [2.45, 2.75) is 329 Å². The van der Waals surface area contributed by atoms with E-state index in [1.807, 2.05) is 0 Å². The summed E-state index contributed by atoms with van der Waals surface area (Å²) in [4.78, 5) is 72.8. The summed E-state index contributed by atoms with van der Waals surface area (Å²) in [6.07, 6.45) is 75.0. The van der Waals surface area contributed by atoms with Crippen LogP contribution < -0.4 is 0 Å². The van der Waals surface area contributed by atoms with E-state index in [0.717, 1.165) is 186 Å². The van der Waals surface area contributed by atoms with Crippen LogP contribution in [0.1, 0.15) is 310 Å². The van der Waals surface area contributed by atoms with Gasteiger partial charge in [0.2, 0.25) is 0 Å². The van der Waals surface area contributed by atoms with Gasteiger partial charge in [0.1, 0.15) is 19.3 Å². The minimum Gasteiger partial charge on any atom is -0.462 e. The van der Waals surface area contributed by atoms with Crippen LogP contribution in [-0.4, -0.2) is 96.7 Å². The largest absolute Gasteiger partial charge is 0.472 e. The van der Waals surface area contributed by atoms with Crippen molar-refractivity contribution in [3.05, 3.63) is 109 Å². The van der Waals surface area contributed by atoms with Gasteiger partial charge in [0, 0.05) is 25.7 Å². The van der Waals surface area contributed by atoms with Gasteiger partial charge in [-0.1, -0.05) is 246 Å². The monoisotopic (exact) mass is 1420 g/mol. The van der Waals surface area contributed by atoms with Crippen LogP contribution in [0.5, 0.6) is 0 Å². The van der Waals surface area contributed by atoms with E-state index in [9.17, 15) is 43.2 Å². The minimum atomic E-state index is -4.98. The zero-order valence-electron chi connectivity index (χ0n) is 61.4. The molecule has 0 aliphatic heterocycles. The molecule has 0 fully saturated rings. The maximum atomic E-state index is 13.1. The number of aliphatic hydroxyl groups excluding tert-OH is 1. The first-order chi connectivity index (χ1) is 47.7. The number of carbonyl (C=O) groups is 4. The number of hydrogen-bond acceptors (Lipinski definition) is 15. The summed E-state index contributed by atoms with van der Waals surface area (Å²) in [5.74, 6) is -2.23. The average Bonchev–Trinajstić information content (AvgIpc) is 1.04. The number of esters is 4. The Morgan fingerprint density at radius 3 is 0.847 bits per heavy atom. The summed E-state index contributed by atoms with van der Waals surface area (Å²) < 4.78 is 68.4. The van der Waals surface area contributed by atoms with Gasteiger partial charge in [-0.2, -0.15) is 0 Å². The van der Waals surface area contributed by atoms with E-state index < -0.39 is 97.5 Å². The molecular weight excluding hydrogens is 1280 g/mol. The predicted molar refractivity (Wildman–Crippen MR) is 399 cm³/mol. The Hall–Kier alpha value is -4.28. The Morgan fingerprint density at radius 1 is 0.296 bits per heavy atom. The van der Waals surface area contributed by atoms with Crippen molar-refractivity contribution in [1.29, 1.82) is 0 Å². The number of phosphoric acid groups is 2. The molecule has 17 nitrogen and oxygen atoms in total. The van der Waals surface area contributed by atoms with Crippen molar-refractivity contribution in [3.8, 4) is 0 Å². The van der Waals surface area contributed by atoms with Crippen LogP contribution in [0.15, 0.2) is 109 Å². The van der Waals surface area contributed by atoms with Crippen molar-refractivity contribution in [3.63, 3.8) is 0 Å². The first-order valence-corrected chi connectivity index (χ1v) is 41.1. The standard InChI is InChI=1S/C79H136O17P2/c1-5-9-13-17-21-25-29-33-36-40-43-47-51-55-59-63-76(81)89-69-74(95-78(83)65-61-57-53-49-45-39-32-28-24-20-16-12-8-4)71-93-97(85,86)91-67-73(80)68-92-98(87,88)94-72-75(96-79(84)66-62-58-54-50-46-42-38-35-31-27-23-19-15-11-7-3)70-90-77(82)64-60-56-52-48-44-41-37-34-30-26-22-18-14-10-6-2/h10-11,14-15,21-23,25-28,32-38,73-75,80H,5-9,12-13,16-20,24,29-31,39-72H2,1-4H3,(H,85,86)(H,87,88)/b14-10-,15-11-,25-21-,26-22-,27-23-,32-28-,36-33-,37-34-,38-35-. The molecule has 0 saturated carbocycles. The SMILES string of the molecule is CC/C=C\C/C=C\C/C=C\CCCCCCCC(=O)OCC(COP(=O)(O)OCC(O)COP(=O)(O)OCC(COC(=O)CCCCCCC/C=C\C/C=C\CCCCC)OC(=O)CCCCCCC/C=C\CCCCCC)OC(=O)CCCCCCC/C=C\C/C=C\C/C=C\CC. The summed E-state index contributed by atoms with van der Waals surface area (Å²) in [5, 5.41) is 10.6. The second-order valence-corrected chi connectivity index (χ2v) is 28.1. The molecule has 0 heterocycles. The van der Waals surface area contributed by atoms with Crippen LogP contribution in [0.2, 0.25) is 0 Å². The lowest BCUT2D eigenvalue weighted by Gasteiger charge is -2.21. The highest BCUT2D eigenvalue weighted by Crippen LogP contribution is 2.45. The number of hydrogen-bond donors (Lipinski definition) is 3. The van der Waals surface area contributed by atoms with Gasteiger partial charge in [-0.3, -0.25) is 37.3 Å². The molecule has 5 atom stereocenters. The van der Waals surface area contributed by atoms with Crippen LogP contribution in [0, 0.1) is 0 Å². The number of allylic oxidation sites excluding steroid dienone is 18. The maximum absolute atomic E-state index is 13.1. The van der Waals surface area contributed by atoms with Crippen molar-refractivity contribution in [2.75, 3.05) is 39.6 Å². The highest BCUT2D eigenvalue weighted by molar-refractivity contribution is 7.47. The molecule has 5 unspecified atom stereocenters. The normalized spacial score (nSPS) is 14.6. The van der Waals surface area contributed by atoms with Gasteiger partial charge in [-0.15, -0.1) is 0 Å². The summed E-state index contributed by atoms with van der Waals surface area (Å²) >= 11 is 0. The van der Waals surface area contributed by atoms with Crippen LogP contribution in [0.4, 0.5) is 0 Å². The highest BCUT2D eigenvalue weighted by Gasteiger charge is 2.30. The molecule has 0 bridgehead atoms. The number of aliphatic hydroxyl groups is 1. The van der Waals surface area contributed by atoms with Gasteiger partial charge < -0.3 is 33.8 Å². The van der Waals surface area contributed by atoms with E-state index in [-0.39, 0.29) is 25.7 Å². The zero-order chi connectivity index (χ0) is 71.8.